The average molecular weight is 310 g/mol. The van der Waals surface area contributed by atoms with Crippen LogP contribution >= 0.6 is 11.3 Å². The van der Waals surface area contributed by atoms with Crippen molar-refractivity contribution in [3.05, 3.63) is 16.0 Å². The minimum atomic E-state index is -0.924. The molecule has 0 unspecified atom stereocenters. The molecule has 0 atom stereocenters. The van der Waals surface area contributed by atoms with E-state index >= 15 is 0 Å². The van der Waals surface area contributed by atoms with Gasteiger partial charge in [0, 0.05) is 17.7 Å². The Morgan fingerprint density at radius 3 is 2.57 bits per heavy atom. The number of anilines is 1. The van der Waals surface area contributed by atoms with Crippen LogP contribution in [0.2, 0.25) is 0 Å². The maximum absolute atomic E-state index is 11.8. The number of rotatable bonds is 6. The zero-order valence-corrected chi connectivity index (χ0v) is 12.4. The van der Waals surface area contributed by atoms with Crippen LogP contribution in [0.5, 0.6) is 0 Å². The Morgan fingerprint density at radius 1 is 1.19 bits per heavy atom. The van der Waals surface area contributed by atoms with E-state index in [-0.39, 0.29) is 25.2 Å². The molecule has 0 radical (unpaired) electrons. The normalized spacial score (nSPS) is 13.5. The van der Waals surface area contributed by atoms with Crippen LogP contribution in [0.1, 0.15) is 52.9 Å². The molecular weight excluding hydrogens is 292 g/mol. The fraction of sp³-hybridized carbons (Fsp3) is 0.500. The molecule has 0 saturated carbocycles. The molecule has 1 aliphatic rings. The van der Waals surface area contributed by atoms with E-state index in [1.165, 1.54) is 11.3 Å². The van der Waals surface area contributed by atoms with Crippen LogP contribution in [-0.4, -0.2) is 22.9 Å². The zero-order valence-electron chi connectivity index (χ0n) is 11.6. The number of fused-ring (bicyclic) bond motifs is 1. The van der Waals surface area contributed by atoms with Crippen LogP contribution in [0.4, 0.5) is 5.00 Å². The minimum Gasteiger partial charge on any atom is -0.481 e. The summed E-state index contributed by atoms with van der Waals surface area (Å²) in [5.41, 5.74) is 6.84. The number of carboxylic acids is 1. The van der Waals surface area contributed by atoms with Crippen LogP contribution in [0, 0.1) is 0 Å². The Kier molecular flexibility index (Phi) is 4.95. The predicted molar refractivity (Wildman–Crippen MR) is 79.6 cm³/mol. The summed E-state index contributed by atoms with van der Waals surface area (Å²) in [7, 11) is 0. The number of nitrogens with one attached hydrogen (secondary N) is 1. The fourth-order valence-corrected chi connectivity index (χ4v) is 3.81. The predicted octanol–water partition coefficient (Wildman–Crippen LogP) is 1.92. The first-order valence-corrected chi connectivity index (χ1v) is 7.76. The smallest absolute Gasteiger partial charge is 0.303 e. The number of aryl methyl sites for hydroxylation is 1. The van der Waals surface area contributed by atoms with E-state index in [9.17, 15) is 14.4 Å². The molecule has 2 rings (SSSR count). The summed E-state index contributed by atoms with van der Waals surface area (Å²) in [5.74, 6) is -1.72. The molecule has 7 heteroatoms. The third kappa shape index (κ3) is 3.81. The van der Waals surface area contributed by atoms with Crippen LogP contribution in [0.3, 0.4) is 0 Å². The van der Waals surface area contributed by atoms with Gasteiger partial charge in [-0.05, 0) is 37.7 Å². The number of hydrogen-bond donors (Lipinski definition) is 3. The van der Waals surface area contributed by atoms with Crippen LogP contribution in [-0.2, 0) is 22.4 Å². The quantitative estimate of drug-likeness (QED) is 0.745. The minimum absolute atomic E-state index is 0.0446. The average Bonchev–Trinajstić information content (AvgIpc) is 2.75. The van der Waals surface area contributed by atoms with E-state index in [0.29, 0.717) is 10.6 Å². The zero-order chi connectivity index (χ0) is 15.4. The van der Waals surface area contributed by atoms with E-state index in [4.69, 9.17) is 10.8 Å². The monoisotopic (exact) mass is 310 g/mol. The summed E-state index contributed by atoms with van der Waals surface area (Å²) >= 11 is 1.41. The highest BCUT2D eigenvalue weighted by atomic mass is 32.1. The molecular formula is C14H18N2O4S. The summed E-state index contributed by atoms with van der Waals surface area (Å²) in [6, 6.07) is 0. The van der Waals surface area contributed by atoms with Gasteiger partial charge in [-0.1, -0.05) is 0 Å². The first-order chi connectivity index (χ1) is 9.99. The van der Waals surface area contributed by atoms with Gasteiger partial charge in [-0.3, -0.25) is 14.4 Å². The first kappa shape index (κ1) is 15.5. The number of thiophene rings is 1. The summed E-state index contributed by atoms with van der Waals surface area (Å²) in [6.07, 6.45) is 4.18. The number of aliphatic carboxylic acids is 1. The number of amides is 2. The molecule has 6 nitrogen and oxygen atoms in total. The van der Waals surface area contributed by atoms with Gasteiger partial charge in [-0.15, -0.1) is 11.3 Å². The van der Waals surface area contributed by atoms with Crippen molar-refractivity contribution < 1.29 is 19.5 Å². The lowest BCUT2D eigenvalue weighted by Crippen LogP contribution is -2.18. The molecule has 0 spiro atoms. The Balaban J connectivity index is 2.09. The molecule has 1 heterocycles. The highest BCUT2D eigenvalue weighted by Crippen LogP contribution is 2.37. The Bertz CT molecular complexity index is 580. The maximum Gasteiger partial charge on any atom is 0.303 e. The van der Waals surface area contributed by atoms with E-state index in [1.54, 1.807) is 0 Å². The number of primary amides is 1. The summed E-state index contributed by atoms with van der Waals surface area (Å²) in [5, 5.41) is 11.8. The Morgan fingerprint density at radius 2 is 1.90 bits per heavy atom. The van der Waals surface area contributed by atoms with Crippen molar-refractivity contribution in [1.29, 1.82) is 0 Å². The van der Waals surface area contributed by atoms with Gasteiger partial charge in [0.2, 0.25) is 5.91 Å². The van der Waals surface area contributed by atoms with Crippen LogP contribution in [0.25, 0.3) is 0 Å². The second kappa shape index (κ2) is 6.71. The van der Waals surface area contributed by atoms with Gasteiger partial charge in [0.15, 0.2) is 0 Å². The highest BCUT2D eigenvalue weighted by molar-refractivity contribution is 7.17. The number of carbonyl (C=O) groups excluding carboxylic acids is 2. The molecule has 21 heavy (non-hydrogen) atoms. The van der Waals surface area contributed by atoms with Crippen molar-refractivity contribution in [1.82, 2.24) is 0 Å². The molecule has 0 saturated heterocycles. The number of hydrogen-bond acceptors (Lipinski definition) is 4. The third-order valence-electron chi connectivity index (χ3n) is 3.47. The number of nitrogens with two attached hydrogens (primary N) is 1. The first-order valence-electron chi connectivity index (χ1n) is 6.95. The van der Waals surface area contributed by atoms with E-state index in [1.807, 2.05) is 0 Å². The van der Waals surface area contributed by atoms with Gasteiger partial charge in [-0.2, -0.15) is 0 Å². The SMILES string of the molecule is NC(=O)c1c(NC(=O)CCCC(=O)O)sc2c1CCCC2. The van der Waals surface area contributed by atoms with Gasteiger partial charge in [0.25, 0.3) is 5.91 Å². The van der Waals surface area contributed by atoms with Crippen molar-refractivity contribution >= 4 is 34.1 Å². The van der Waals surface area contributed by atoms with Crippen LogP contribution in [0.15, 0.2) is 0 Å². The van der Waals surface area contributed by atoms with E-state index in [0.717, 1.165) is 36.1 Å². The lowest BCUT2D eigenvalue weighted by atomic mass is 9.95. The van der Waals surface area contributed by atoms with Crippen molar-refractivity contribution in [3.63, 3.8) is 0 Å². The van der Waals surface area contributed by atoms with Crippen molar-refractivity contribution in [2.24, 2.45) is 5.73 Å². The fourth-order valence-electron chi connectivity index (χ4n) is 2.50. The Labute approximate surface area is 126 Å². The van der Waals surface area contributed by atoms with E-state index in [2.05, 4.69) is 5.32 Å². The van der Waals surface area contributed by atoms with Gasteiger partial charge >= 0.3 is 5.97 Å². The van der Waals surface area contributed by atoms with Crippen LogP contribution < -0.4 is 11.1 Å². The molecule has 0 bridgehead atoms. The summed E-state index contributed by atoms with van der Waals surface area (Å²) < 4.78 is 0. The molecule has 4 N–H and O–H groups in total. The van der Waals surface area contributed by atoms with Gasteiger partial charge in [0.1, 0.15) is 5.00 Å². The largest absolute Gasteiger partial charge is 0.481 e. The highest BCUT2D eigenvalue weighted by Gasteiger charge is 2.24. The Hall–Kier alpha value is -1.89. The lowest BCUT2D eigenvalue weighted by Gasteiger charge is -2.11. The second-order valence-electron chi connectivity index (χ2n) is 5.07. The number of carboxylic acid groups (broad SMARTS) is 1. The topological polar surface area (TPSA) is 109 Å². The molecule has 2 amide bonds. The lowest BCUT2D eigenvalue weighted by molar-refractivity contribution is -0.137. The standard InChI is InChI=1S/C14H18N2O4S/c15-13(20)12-8-4-1-2-5-9(8)21-14(12)16-10(17)6-3-7-11(18)19/h1-7H2,(H2,15,20)(H,16,17)(H,18,19). The summed E-state index contributed by atoms with van der Waals surface area (Å²) in [6.45, 7) is 0. The maximum atomic E-state index is 11.8. The molecule has 114 valence electrons. The molecule has 0 fully saturated rings. The molecule has 1 aromatic rings. The molecule has 0 aliphatic heterocycles. The molecule has 1 aliphatic carbocycles. The second-order valence-corrected chi connectivity index (χ2v) is 6.18. The van der Waals surface area contributed by atoms with Gasteiger partial charge < -0.3 is 16.2 Å². The summed E-state index contributed by atoms with van der Waals surface area (Å²) in [4.78, 5) is 35.0. The van der Waals surface area contributed by atoms with Gasteiger partial charge in [-0.25, -0.2) is 0 Å². The van der Waals surface area contributed by atoms with Crippen molar-refractivity contribution in [2.75, 3.05) is 5.32 Å². The van der Waals surface area contributed by atoms with Gasteiger partial charge in [0.05, 0.1) is 5.56 Å². The third-order valence-corrected chi connectivity index (χ3v) is 4.67. The number of carbonyl (C=O) groups is 3. The molecule has 1 aromatic heterocycles. The van der Waals surface area contributed by atoms with Crippen molar-refractivity contribution in [3.8, 4) is 0 Å². The molecule has 0 aromatic carbocycles. The van der Waals surface area contributed by atoms with E-state index < -0.39 is 11.9 Å². The van der Waals surface area contributed by atoms with Crippen molar-refractivity contribution in [2.45, 2.75) is 44.9 Å².